The molecule has 30 heavy (non-hydrogen) atoms. The number of thiophene rings is 1. The molecule has 5 nitrogen and oxygen atoms in total. The van der Waals surface area contributed by atoms with Crippen LogP contribution in [0.2, 0.25) is 0 Å². The molecule has 4 aliphatic carbocycles. The molecule has 4 aliphatic rings. The van der Waals surface area contributed by atoms with E-state index in [0.29, 0.717) is 29.6 Å². The molecule has 0 radical (unpaired) electrons. The van der Waals surface area contributed by atoms with Crippen LogP contribution < -0.4 is 10.9 Å². The predicted molar refractivity (Wildman–Crippen MR) is 112 cm³/mol. The smallest absolute Gasteiger partial charge is 0.279 e. The van der Waals surface area contributed by atoms with E-state index in [2.05, 4.69) is 10.9 Å². The van der Waals surface area contributed by atoms with Crippen LogP contribution in [0.3, 0.4) is 0 Å². The van der Waals surface area contributed by atoms with Gasteiger partial charge in [-0.1, -0.05) is 12.1 Å². The van der Waals surface area contributed by atoms with E-state index in [1.165, 1.54) is 29.9 Å². The average Bonchev–Trinajstić information content (AvgIpc) is 3.14. The molecule has 2 amide bonds. The Morgan fingerprint density at radius 3 is 2.40 bits per heavy atom. The zero-order chi connectivity index (χ0) is 20.9. The zero-order valence-corrected chi connectivity index (χ0v) is 17.4. The predicted octanol–water partition coefficient (Wildman–Crippen LogP) is 4.04. The van der Waals surface area contributed by atoms with Gasteiger partial charge in [-0.3, -0.25) is 20.4 Å². The number of rotatable bonds is 4. The van der Waals surface area contributed by atoms with Crippen molar-refractivity contribution in [1.29, 1.82) is 0 Å². The van der Waals surface area contributed by atoms with E-state index in [1.54, 1.807) is 18.2 Å². The fourth-order valence-corrected chi connectivity index (χ4v) is 7.32. The van der Waals surface area contributed by atoms with E-state index in [-0.39, 0.29) is 23.0 Å². The average molecular weight is 429 g/mol. The van der Waals surface area contributed by atoms with Gasteiger partial charge < -0.3 is 5.11 Å². The van der Waals surface area contributed by atoms with Gasteiger partial charge in [0, 0.05) is 11.3 Å². The van der Waals surface area contributed by atoms with Gasteiger partial charge in [-0.05, 0) is 85.6 Å². The van der Waals surface area contributed by atoms with Crippen LogP contribution in [0.5, 0.6) is 0 Å². The summed E-state index contributed by atoms with van der Waals surface area (Å²) in [6, 6.07) is 9.62. The van der Waals surface area contributed by atoms with E-state index < -0.39 is 5.60 Å². The van der Waals surface area contributed by atoms with E-state index in [4.69, 9.17) is 0 Å². The largest absolute Gasteiger partial charge is 0.390 e. The minimum Gasteiger partial charge on any atom is -0.390 e. The van der Waals surface area contributed by atoms with E-state index in [1.807, 2.05) is 6.07 Å². The summed E-state index contributed by atoms with van der Waals surface area (Å²) in [4.78, 5) is 26.4. The highest BCUT2D eigenvalue weighted by atomic mass is 32.1. The van der Waals surface area contributed by atoms with Crippen LogP contribution in [-0.4, -0.2) is 22.5 Å². The SMILES string of the molecule is O=C(CC12CC3CC(CC(O)(C3)C1)C2)NNC(=O)c1ccc(-c2ccc(F)cc2)s1. The number of benzene rings is 1. The summed E-state index contributed by atoms with van der Waals surface area (Å²) in [7, 11) is 0. The third-order valence-corrected chi connectivity index (χ3v) is 8.09. The topological polar surface area (TPSA) is 78.4 Å². The molecule has 3 N–H and O–H groups in total. The molecule has 2 unspecified atom stereocenters. The number of carbonyl (C=O) groups is 2. The van der Waals surface area contributed by atoms with E-state index >= 15 is 0 Å². The molecule has 6 rings (SSSR count). The van der Waals surface area contributed by atoms with Crippen molar-refractivity contribution >= 4 is 23.2 Å². The number of halogens is 1. The highest BCUT2D eigenvalue weighted by molar-refractivity contribution is 7.17. The fourth-order valence-electron chi connectivity index (χ4n) is 6.41. The van der Waals surface area contributed by atoms with Crippen molar-refractivity contribution in [2.75, 3.05) is 0 Å². The Hall–Kier alpha value is -2.25. The molecule has 2 atom stereocenters. The second-order valence-electron chi connectivity index (χ2n) is 9.54. The Balaban J connectivity index is 1.18. The summed E-state index contributed by atoms with van der Waals surface area (Å²) in [5.74, 6) is 0.168. The number of nitrogens with one attached hydrogen (secondary N) is 2. The van der Waals surface area contributed by atoms with Gasteiger partial charge in [-0.15, -0.1) is 11.3 Å². The van der Waals surface area contributed by atoms with Crippen molar-refractivity contribution in [2.24, 2.45) is 17.3 Å². The summed E-state index contributed by atoms with van der Waals surface area (Å²) in [6.07, 6.45) is 5.96. The molecule has 0 aliphatic heterocycles. The lowest BCUT2D eigenvalue weighted by molar-refractivity contribution is -0.169. The monoisotopic (exact) mass is 428 g/mol. The van der Waals surface area contributed by atoms with Crippen LogP contribution in [0, 0.1) is 23.1 Å². The van der Waals surface area contributed by atoms with Gasteiger partial charge in [-0.25, -0.2) is 4.39 Å². The summed E-state index contributed by atoms with van der Waals surface area (Å²) >= 11 is 1.29. The van der Waals surface area contributed by atoms with Gasteiger partial charge in [-0.2, -0.15) is 0 Å². The van der Waals surface area contributed by atoms with Crippen molar-refractivity contribution in [1.82, 2.24) is 10.9 Å². The molecule has 4 fully saturated rings. The Kier molecular flexibility index (Phi) is 4.71. The second-order valence-corrected chi connectivity index (χ2v) is 10.6. The maximum atomic E-state index is 13.1. The number of amides is 2. The maximum Gasteiger partial charge on any atom is 0.279 e. The summed E-state index contributed by atoms with van der Waals surface area (Å²) in [6.45, 7) is 0. The van der Waals surface area contributed by atoms with Crippen molar-refractivity contribution in [3.63, 3.8) is 0 Å². The van der Waals surface area contributed by atoms with Gasteiger partial charge in [0.25, 0.3) is 5.91 Å². The highest BCUT2D eigenvalue weighted by Gasteiger charge is 2.57. The third-order valence-electron chi connectivity index (χ3n) is 6.96. The molecule has 0 saturated heterocycles. The van der Waals surface area contributed by atoms with Crippen LogP contribution in [0.1, 0.15) is 54.6 Å². The number of hydrogen-bond donors (Lipinski definition) is 3. The van der Waals surface area contributed by atoms with Gasteiger partial charge in [0.1, 0.15) is 5.82 Å². The van der Waals surface area contributed by atoms with Gasteiger partial charge >= 0.3 is 0 Å². The zero-order valence-electron chi connectivity index (χ0n) is 16.6. The van der Waals surface area contributed by atoms with Crippen molar-refractivity contribution < 1.29 is 19.1 Å². The van der Waals surface area contributed by atoms with Crippen LogP contribution >= 0.6 is 11.3 Å². The van der Waals surface area contributed by atoms with Crippen molar-refractivity contribution in [2.45, 2.75) is 50.5 Å². The molecular formula is C23H25FN2O3S. The standard InChI is InChI=1S/C23H25FN2O3S/c24-17-3-1-16(2-4-17)18-5-6-19(30-18)21(28)26-25-20(27)12-22-8-14-7-15(9-22)11-23(29,10-14)13-22/h1-6,14-15,29H,7-13H2,(H,25,27)(H,26,28). The van der Waals surface area contributed by atoms with E-state index in [9.17, 15) is 19.1 Å². The normalized spacial score (nSPS) is 31.5. The first-order chi connectivity index (χ1) is 14.3. The van der Waals surface area contributed by atoms with Crippen LogP contribution in [0.25, 0.3) is 10.4 Å². The second kappa shape index (κ2) is 7.17. The molecule has 4 saturated carbocycles. The summed E-state index contributed by atoms with van der Waals surface area (Å²) in [5.41, 5.74) is 5.18. The van der Waals surface area contributed by atoms with Crippen molar-refractivity contribution in [3.05, 3.63) is 47.1 Å². The molecule has 1 heterocycles. The first-order valence-electron chi connectivity index (χ1n) is 10.5. The van der Waals surface area contributed by atoms with Gasteiger partial charge in [0.05, 0.1) is 10.5 Å². The lowest BCUT2D eigenvalue weighted by Gasteiger charge is -2.60. The molecule has 158 valence electrons. The number of aliphatic hydroxyl groups is 1. The first kappa shape index (κ1) is 19.7. The van der Waals surface area contributed by atoms with Crippen LogP contribution in [0.15, 0.2) is 36.4 Å². The maximum absolute atomic E-state index is 13.1. The summed E-state index contributed by atoms with van der Waals surface area (Å²) < 4.78 is 13.1. The number of hydrazine groups is 1. The summed E-state index contributed by atoms with van der Waals surface area (Å²) in [5, 5.41) is 10.8. The van der Waals surface area contributed by atoms with Gasteiger partial charge in [0.15, 0.2) is 0 Å². The third kappa shape index (κ3) is 3.76. The quantitative estimate of drug-likeness (QED) is 0.643. The van der Waals surface area contributed by atoms with Crippen LogP contribution in [0.4, 0.5) is 4.39 Å². The minimum atomic E-state index is -0.596. The Morgan fingerprint density at radius 2 is 1.73 bits per heavy atom. The Labute approximate surface area is 178 Å². The first-order valence-corrected chi connectivity index (χ1v) is 11.3. The highest BCUT2D eigenvalue weighted by Crippen LogP contribution is 2.62. The Bertz CT molecular complexity index is 973. The fraction of sp³-hybridized carbons (Fsp3) is 0.478. The minimum absolute atomic E-state index is 0.133. The molecule has 0 spiro atoms. The lowest BCUT2D eigenvalue weighted by atomic mass is 9.47. The Morgan fingerprint density at radius 1 is 1.03 bits per heavy atom. The number of carbonyl (C=O) groups excluding carboxylic acids is 2. The van der Waals surface area contributed by atoms with E-state index in [0.717, 1.165) is 36.1 Å². The number of hydrogen-bond acceptors (Lipinski definition) is 4. The van der Waals surface area contributed by atoms with Crippen molar-refractivity contribution in [3.8, 4) is 10.4 Å². The molecule has 4 bridgehead atoms. The molecule has 2 aromatic rings. The lowest BCUT2D eigenvalue weighted by Crippen LogP contribution is -2.57. The molecule has 1 aromatic carbocycles. The molecule has 7 heteroatoms. The molecular weight excluding hydrogens is 403 g/mol. The van der Waals surface area contributed by atoms with Crippen LogP contribution in [-0.2, 0) is 4.79 Å². The van der Waals surface area contributed by atoms with Gasteiger partial charge in [0.2, 0.25) is 5.91 Å². The molecule has 1 aromatic heterocycles.